The van der Waals surface area contributed by atoms with Gasteiger partial charge in [0.2, 0.25) is 5.91 Å². The number of alkyl halides is 3. The number of sulfonamides is 1. The molecular weight excluding hydrogens is 500 g/mol. The summed E-state index contributed by atoms with van der Waals surface area (Å²) in [6.07, 6.45) is -4.65. The molecule has 0 bridgehead atoms. The summed E-state index contributed by atoms with van der Waals surface area (Å²) in [5.41, 5.74) is -0.752. The van der Waals surface area contributed by atoms with E-state index in [1.165, 1.54) is 36.4 Å². The molecule has 0 atom stereocenters. The number of rotatable bonds is 6. The number of nitrogens with zero attached hydrogens (tertiary/aromatic N) is 1. The Labute approximate surface area is 198 Å². The number of anilines is 2. The molecular formula is C22H17Cl2F3N2O3S. The molecule has 1 amide bonds. The number of amides is 1. The molecule has 0 aromatic heterocycles. The van der Waals surface area contributed by atoms with Crippen molar-refractivity contribution in [2.45, 2.75) is 18.0 Å². The zero-order valence-corrected chi connectivity index (χ0v) is 19.4. The Morgan fingerprint density at radius 1 is 0.970 bits per heavy atom. The van der Waals surface area contributed by atoms with E-state index in [0.717, 1.165) is 16.4 Å². The lowest BCUT2D eigenvalue weighted by Gasteiger charge is -2.26. The van der Waals surface area contributed by atoms with Crippen molar-refractivity contribution < 1.29 is 26.4 Å². The summed E-state index contributed by atoms with van der Waals surface area (Å²) >= 11 is 12.1. The van der Waals surface area contributed by atoms with Gasteiger partial charge in [0.05, 0.1) is 26.9 Å². The zero-order chi connectivity index (χ0) is 24.4. The Morgan fingerprint density at radius 3 is 2.27 bits per heavy atom. The lowest BCUT2D eigenvalue weighted by Crippen LogP contribution is -2.38. The number of benzene rings is 3. The smallest absolute Gasteiger partial charge is 0.323 e. The molecule has 0 fully saturated rings. The molecule has 0 aliphatic rings. The van der Waals surface area contributed by atoms with Gasteiger partial charge in [-0.05, 0) is 55.0 Å². The third-order valence-corrected chi connectivity index (χ3v) is 7.21. The highest BCUT2D eigenvalue weighted by Crippen LogP contribution is 2.34. The lowest BCUT2D eigenvalue weighted by molar-refractivity contribution is -0.137. The summed E-state index contributed by atoms with van der Waals surface area (Å²) in [5, 5.41) is 2.42. The number of carbonyl (C=O) groups is 1. The Balaban J connectivity index is 2.00. The molecule has 0 radical (unpaired) electrons. The molecule has 11 heteroatoms. The van der Waals surface area contributed by atoms with Gasteiger partial charge in [-0.15, -0.1) is 0 Å². The number of nitrogens with one attached hydrogen (secondary N) is 1. The second-order valence-electron chi connectivity index (χ2n) is 6.95. The average molecular weight is 517 g/mol. The molecule has 3 rings (SSSR count). The fourth-order valence-corrected chi connectivity index (χ4v) is 4.84. The maximum atomic E-state index is 13.4. The third-order valence-electron chi connectivity index (χ3n) is 4.69. The third kappa shape index (κ3) is 5.61. The summed E-state index contributed by atoms with van der Waals surface area (Å²) in [7, 11) is -4.22. The van der Waals surface area contributed by atoms with Gasteiger partial charge in [0, 0.05) is 5.02 Å². The van der Waals surface area contributed by atoms with Crippen LogP contribution in [0.2, 0.25) is 10.0 Å². The summed E-state index contributed by atoms with van der Waals surface area (Å²) in [6, 6.07) is 14.4. The van der Waals surface area contributed by atoms with Crippen LogP contribution in [-0.2, 0) is 21.0 Å². The molecule has 0 aliphatic carbocycles. The van der Waals surface area contributed by atoms with Crippen molar-refractivity contribution in [3.05, 3.63) is 87.9 Å². The first kappa shape index (κ1) is 24.9. The van der Waals surface area contributed by atoms with Gasteiger partial charge in [0.1, 0.15) is 6.54 Å². The molecule has 0 aliphatic heterocycles. The predicted molar refractivity (Wildman–Crippen MR) is 122 cm³/mol. The maximum Gasteiger partial charge on any atom is 0.416 e. The van der Waals surface area contributed by atoms with Crippen molar-refractivity contribution in [2.24, 2.45) is 0 Å². The number of halogens is 5. The molecule has 174 valence electrons. The Bertz CT molecular complexity index is 1280. The van der Waals surface area contributed by atoms with Gasteiger partial charge >= 0.3 is 6.18 Å². The number of hydrogen-bond donors (Lipinski definition) is 1. The van der Waals surface area contributed by atoms with Crippen molar-refractivity contribution >= 4 is 50.5 Å². The summed E-state index contributed by atoms with van der Waals surface area (Å²) in [5.74, 6) is -0.893. The molecule has 3 aromatic carbocycles. The highest BCUT2D eigenvalue weighted by molar-refractivity contribution is 7.92. The highest BCUT2D eigenvalue weighted by Gasteiger charge is 2.32. The van der Waals surface area contributed by atoms with Crippen LogP contribution in [0.4, 0.5) is 24.5 Å². The molecule has 5 nitrogen and oxygen atoms in total. The highest BCUT2D eigenvalue weighted by atomic mass is 35.5. The Morgan fingerprint density at radius 2 is 1.64 bits per heavy atom. The first-order chi connectivity index (χ1) is 15.4. The molecule has 0 unspecified atom stereocenters. The predicted octanol–water partition coefficient (Wildman–Crippen LogP) is 6.15. The van der Waals surface area contributed by atoms with Gasteiger partial charge in [-0.2, -0.15) is 13.2 Å². The van der Waals surface area contributed by atoms with Crippen molar-refractivity contribution in [1.82, 2.24) is 0 Å². The second kappa shape index (κ2) is 9.62. The van der Waals surface area contributed by atoms with Gasteiger partial charge in [-0.25, -0.2) is 8.42 Å². The van der Waals surface area contributed by atoms with Crippen molar-refractivity contribution in [3.63, 3.8) is 0 Å². The van der Waals surface area contributed by atoms with Crippen LogP contribution in [0, 0.1) is 6.92 Å². The topological polar surface area (TPSA) is 66.5 Å². The van der Waals surface area contributed by atoms with Crippen LogP contribution in [0.5, 0.6) is 0 Å². The van der Waals surface area contributed by atoms with Gasteiger partial charge in [-0.1, -0.05) is 47.5 Å². The lowest BCUT2D eigenvalue weighted by atomic mass is 10.2. The minimum Gasteiger partial charge on any atom is -0.323 e. The fraction of sp³-hybridized carbons (Fsp3) is 0.136. The normalized spacial score (nSPS) is 11.8. The summed E-state index contributed by atoms with van der Waals surface area (Å²) < 4.78 is 66.7. The van der Waals surface area contributed by atoms with Crippen LogP contribution in [-0.4, -0.2) is 20.9 Å². The van der Waals surface area contributed by atoms with Crippen LogP contribution < -0.4 is 9.62 Å². The average Bonchev–Trinajstić information content (AvgIpc) is 2.75. The minimum atomic E-state index is -4.65. The van der Waals surface area contributed by atoms with Crippen LogP contribution in [0.25, 0.3) is 0 Å². The van der Waals surface area contributed by atoms with Gasteiger partial charge in [0.25, 0.3) is 10.0 Å². The first-order valence-electron chi connectivity index (χ1n) is 9.41. The molecule has 3 aromatic rings. The SMILES string of the molecule is Cc1c(Cl)cccc1N(CC(=O)Nc1cc(C(F)(F)F)ccc1Cl)S(=O)(=O)c1ccccc1. The molecule has 1 N–H and O–H groups in total. The van der Waals surface area contributed by atoms with Gasteiger partial charge < -0.3 is 5.32 Å². The van der Waals surface area contributed by atoms with E-state index < -0.39 is 34.2 Å². The van der Waals surface area contributed by atoms with E-state index in [4.69, 9.17) is 23.2 Å². The van der Waals surface area contributed by atoms with Crippen LogP contribution in [0.3, 0.4) is 0 Å². The van der Waals surface area contributed by atoms with Crippen LogP contribution in [0.15, 0.2) is 71.6 Å². The minimum absolute atomic E-state index is 0.0747. The second-order valence-corrected chi connectivity index (χ2v) is 9.63. The number of hydrogen-bond acceptors (Lipinski definition) is 3. The molecule has 0 saturated carbocycles. The summed E-state index contributed by atoms with van der Waals surface area (Å²) in [4.78, 5) is 12.7. The number of carbonyl (C=O) groups excluding carboxylic acids is 1. The van der Waals surface area contributed by atoms with E-state index in [-0.39, 0.29) is 26.3 Å². The summed E-state index contributed by atoms with van der Waals surface area (Å²) in [6.45, 7) is 0.859. The molecule has 33 heavy (non-hydrogen) atoms. The van der Waals surface area contributed by atoms with Crippen molar-refractivity contribution in [2.75, 3.05) is 16.2 Å². The van der Waals surface area contributed by atoms with Gasteiger partial charge in [0.15, 0.2) is 0 Å². The van der Waals surface area contributed by atoms with Gasteiger partial charge in [-0.3, -0.25) is 9.10 Å². The van der Waals surface area contributed by atoms with Crippen LogP contribution in [0.1, 0.15) is 11.1 Å². The fourth-order valence-electron chi connectivity index (χ4n) is 3.00. The van der Waals surface area contributed by atoms with E-state index in [1.54, 1.807) is 19.1 Å². The standard InChI is InChI=1S/C22H17Cl2F3N2O3S/c1-14-17(23)8-5-9-20(14)29(33(31,32)16-6-3-2-4-7-16)13-21(30)28-19-12-15(22(25,26)27)10-11-18(19)24/h2-12H,13H2,1H3,(H,28,30). The maximum absolute atomic E-state index is 13.4. The van der Waals surface area contributed by atoms with E-state index >= 15 is 0 Å². The van der Waals surface area contributed by atoms with Crippen molar-refractivity contribution in [3.8, 4) is 0 Å². The van der Waals surface area contributed by atoms with Crippen molar-refractivity contribution in [1.29, 1.82) is 0 Å². The first-order valence-corrected chi connectivity index (χ1v) is 11.6. The van der Waals surface area contributed by atoms with E-state index in [9.17, 15) is 26.4 Å². The van der Waals surface area contributed by atoms with E-state index in [2.05, 4.69) is 5.32 Å². The Hall–Kier alpha value is -2.75. The monoisotopic (exact) mass is 516 g/mol. The van der Waals surface area contributed by atoms with E-state index in [1.807, 2.05) is 0 Å². The largest absolute Gasteiger partial charge is 0.416 e. The molecule has 0 saturated heterocycles. The van der Waals surface area contributed by atoms with Crippen LogP contribution >= 0.6 is 23.2 Å². The van der Waals surface area contributed by atoms with E-state index in [0.29, 0.717) is 11.6 Å². The quantitative estimate of drug-likeness (QED) is 0.426. The Kier molecular flexibility index (Phi) is 7.26. The molecule has 0 heterocycles. The zero-order valence-electron chi connectivity index (χ0n) is 17.0. The molecule has 0 spiro atoms.